The number of carbonyl (C=O) groups excluding carboxylic acids is 1. The van der Waals surface area contributed by atoms with Crippen LogP contribution in [0.2, 0.25) is 0 Å². The van der Waals surface area contributed by atoms with Gasteiger partial charge in [-0.3, -0.25) is 9.59 Å². The maximum Gasteiger partial charge on any atom is 0.259 e. The molecule has 0 saturated heterocycles. The maximum absolute atomic E-state index is 14.6. The zero-order valence-corrected chi connectivity index (χ0v) is 18.2. The van der Waals surface area contributed by atoms with E-state index in [0.29, 0.717) is 28.4 Å². The topological polar surface area (TPSA) is 103 Å². The first-order valence-corrected chi connectivity index (χ1v) is 10.4. The molecule has 5 aromatic rings. The van der Waals surface area contributed by atoms with Crippen LogP contribution in [-0.2, 0) is 0 Å². The third kappa shape index (κ3) is 3.62. The standard InChI is InChI=1S/C25H18FN5O3/c1-14-22(32)18-9-6-10-19(24(18)34-23(14)16-7-4-3-5-8-16)25(33)27-21-13-17(11-12-20(21)26)31-15(2)28-29-30-31/h3-13H,1-2H3,(H,27,33). The lowest BCUT2D eigenvalue weighted by Crippen LogP contribution is -2.16. The van der Waals surface area contributed by atoms with Crippen LogP contribution in [-0.4, -0.2) is 26.1 Å². The molecule has 1 amide bonds. The van der Waals surface area contributed by atoms with Crippen LogP contribution in [0.1, 0.15) is 21.7 Å². The van der Waals surface area contributed by atoms with Crippen molar-refractivity contribution in [1.82, 2.24) is 20.2 Å². The van der Waals surface area contributed by atoms with Crippen molar-refractivity contribution in [2.75, 3.05) is 5.32 Å². The molecule has 34 heavy (non-hydrogen) atoms. The van der Waals surface area contributed by atoms with Gasteiger partial charge in [0.05, 0.1) is 22.3 Å². The first-order chi connectivity index (χ1) is 16.4. The van der Waals surface area contributed by atoms with E-state index >= 15 is 0 Å². The molecule has 0 aliphatic carbocycles. The van der Waals surface area contributed by atoms with Crippen molar-refractivity contribution in [2.45, 2.75) is 13.8 Å². The second-order valence-electron chi connectivity index (χ2n) is 7.69. The zero-order chi connectivity index (χ0) is 23.8. The maximum atomic E-state index is 14.6. The Hall–Kier alpha value is -4.66. The normalized spacial score (nSPS) is 11.0. The number of carbonyl (C=O) groups is 1. The number of benzene rings is 3. The van der Waals surface area contributed by atoms with Crippen LogP contribution in [0, 0.1) is 19.7 Å². The zero-order valence-electron chi connectivity index (χ0n) is 18.2. The summed E-state index contributed by atoms with van der Waals surface area (Å²) in [5.41, 5.74) is 1.56. The van der Waals surface area contributed by atoms with Crippen molar-refractivity contribution in [3.8, 4) is 17.0 Å². The number of halogens is 1. The molecule has 0 aliphatic rings. The van der Waals surface area contributed by atoms with Gasteiger partial charge in [0, 0.05) is 11.1 Å². The SMILES string of the molecule is Cc1c(-c2ccccc2)oc2c(C(=O)Nc3cc(-n4nnnc4C)ccc3F)cccc2c1=O. The van der Waals surface area contributed by atoms with Crippen LogP contribution in [0.5, 0.6) is 0 Å². The molecule has 0 unspecified atom stereocenters. The number of anilines is 1. The third-order valence-electron chi connectivity index (χ3n) is 5.49. The van der Waals surface area contributed by atoms with E-state index in [1.807, 2.05) is 30.3 Å². The summed E-state index contributed by atoms with van der Waals surface area (Å²) in [6.45, 7) is 3.38. The summed E-state index contributed by atoms with van der Waals surface area (Å²) < 4.78 is 22.1. The molecular formula is C25H18FN5O3. The number of para-hydroxylation sites is 1. The number of rotatable bonds is 4. The Balaban J connectivity index is 1.59. The Morgan fingerprint density at radius 3 is 2.56 bits per heavy atom. The van der Waals surface area contributed by atoms with Crippen molar-refractivity contribution < 1.29 is 13.6 Å². The molecular weight excluding hydrogens is 437 g/mol. The number of hydrogen-bond donors (Lipinski definition) is 1. The number of aromatic nitrogens is 4. The molecule has 0 fully saturated rings. The minimum Gasteiger partial charge on any atom is -0.455 e. The second-order valence-corrected chi connectivity index (χ2v) is 7.69. The van der Waals surface area contributed by atoms with Crippen LogP contribution >= 0.6 is 0 Å². The van der Waals surface area contributed by atoms with E-state index in [-0.39, 0.29) is 27.6 Å². The van der Waals surface area contributed by atoms with Gasteiger partial charge in [-0.25, -0.2) is 4.39 Å². The number of tetrazole rings is 1. The van der Waals surface area contributed by atoms with Crippen LogP contribution < -0.4 is 10.7 Å². The van der Waals surface area contributed by atoms with E-state index in [2.05, 4.69) is 20.8 Å². The number of amides is 1. The third-order valence-corrected chi connectivity index (χ3v) is 5.49. The van der Waals surface area contributed by atoms with Gasteiger partial charge in [0.15, 0.2) is 16.8 Å². The van der Waals surface area contributed by atoms with E-state index in [4.69, 9.17) is 4.42 Å². The average Bonchev–Trinajstić information content (AvgIpc) is 3.28. The first kappa shape index (κ1) is 21.2. The molecule has 2 heterocycles. The Bertz CT molecular complexity index is 1610. The number of hydrogen-bond acceptors (Lipinski definition) is 6. The van der Waals surface area contributed by atoms with Crippen molar-refractivity contribution in [3.05, 3.63) is 99.7 Å². The van der Waals surface area contributed by atoms with Gasteiger partial charge in [0.1, 0.15) is 11.6 Å². The van der Waals surface area contributed by atoms with Gasteiger partial charge in [-0.05, 0) is 54.6 Å². The molecule has 1 N–H and O–H groups in total. The van der Waals surface area contributed by atoms with E-state index in [9.17, 15) is 14.0 Å². The summed E-state index contributed by atoms with van der Waals surface area (Å²) in [6.07, 6.45) is 0. The van der Waals surface area contributed by atoms with Crippen molar-refractivity contribution in [1.29, 1.82) is 0 Å². The van der Waals surface area contributed by atoms with Crippen LogP contribution in [0.4, 0.5) is 10.1 Å². The van der Waals surface area contributed by atoms with E-state index in [1.54, 1.807) is 26.0 Å². The lowest BCUT2D eigenvalue weighted by atomic mass is 10.0. The second kappa shape index (κ2) is 8.36. The fraction of sp³-hybridized carbons (Fsp3) is 0.0800. The molecule has 0 aliphatic heterocycles. The summed E-state index contributed by atoms with van der Waals surface area (Å²) in [6, 6.07) is 18.0. The highest BCUT2D eigenvalue weighted by Gasteiger charge is 2.19. The summed E-state index contributed by atoms with van der Waals surface area (Å²) >= 11 is 0. The fourth-order valence-electron chi connectivity index (χ4n) is 3.75. The Labute approximate surface area is 192 Å². The molecule has 9 heteroatoms. The summed E-state index contributed by atoms with van der Waals surface area (Å²) in [7, 11) is 0. The molecule has 5 rings (SSSR count). The molecule has 0 atom stereocenters. The molecule has 2 aromatic heterocycles. The van der Waals surface area contributed by atoms with Crippen LogP contribution in [0.25, 0.3) is 28.0 Å². The van der Waals surface area contributed by atoms with Gasteiger partial charge in [-0.1, -0.05) is 36.4 Å². The van der Waals surface area contributed by atoms with E-state index in [0.717, 1.165) is 0 Å². The molecule has 0 bridgehead atoms. The molecule has 0 radical (unpaired) electrons. The number of aryl methyl sites for hydroxylation is 1. The highest BCUT2D eigenvalue weighted by atomic mass is 19.1. The quantitative estimate of drug-likeness (QED) is 0.430. The average molecular weight is 455 g/mol. The summed E-state index contributed by atoms with van der Waals surface area (Å²) in [5, 5.41) is 14.1. The van der Waals surface area contributed by atoms with Crippen molar-refractivity contribution in [3.63, 3.8) is 0 Å². The van der Waals surface area contributed by atoms with Crippen LogP contribution in [0.3, 0.4) is 0 Å². The first-order valence-electron chi connectivity index (χ1n) is 10.4. The van der Waals surface area contributed by atoms with Crippen LogP contribution in [0.15, 0.2) is 75.9 Å². The highest BCUT2D eigenvalue weighted by Crippen LogP contribution is 2.28. The largest absolute Gasteiger partial charge is 0.455 e. The number of nitrogens with one attached hydrogen (secondary N) is 1. The van der Waals surface area contributed by atoms with Gasteiger partial charge in [-0.2, -0.15) is 4.68 Å². The minimum atomic E-state index is -0.634. The Morgan fingerprint density at radius 1 is 1.03 bits per heavy atom. The predicted octanol–water partition coefficient (Wildman–Crippen LogP) is 4.44. The monoisotopic (exact) mass is 455 g/mol. The molecule has 3 aromatic carbocycles. The fourth-order valence-corrected chi connectivity index (χ4v) is 3.75. The molecule has 0 spiro atoms. The van der Waals surface area contributed by atoms with Crippen molar-refractivity contribution >= 4 is 22.6 Å². The van der Waals surface area contributed by atoms with Gasteiger partial charge < -0.3 is 9.73 Å². The number of fused-ring (bicyclic) bond motifs is 1. The Morgan fingerprint density at radius 2 is 1.82 bits per heavy atom. The predicted molar refractivity (Wildman–Crippen MR) is 124 cm³/mol. The van der Waals surface area contributed by atoms with Crippen molar-refractivity contribution in [2.24, 2.45) is 0 Å². The lowest BCUT2D eigenvalue weighted by Gasteiger charge is -2.12. The van der Waals surface area contributed by atoms with Gasteiger partial charge in [-0.15, -0.1) is 5.10 Å². The minimum absolute atomic E-state index is 0.0628. The molecule has 8 nitrogen and oxygen atoms in total. The van der Waals surface area contributed by atoms with Gasteiger partial charge in [0.2, 0.25) is 0 Å². The summed E-state index contributed by atoms with van der Waals surface area (Å²) in [4.78, 5) is 26.2. The number of nitrogens with zero attached hydrogens (tertiary/aromatic N) is 4. The van der Waals surface area contributed by atoms with Gasteiger partial charge in [0.25, 0.3) is 5.91 Å². The Kier molecular flexibility index (Phi) is 5.21. The van der Waals surface area contributed by atoms with E-state index < -0.39 is 11.7 Å². The molecule has 0 saturated carbocycles. The highest BCUT2D eigenvalue weighted by molar-refractivity contribution is 6.11. The van der Waals surface area contributed by atoms with E-state index in [1.165, 1.54) is 28.9 Å². The summed E-state index contributed by atoms with van der Waals surface area (Å²) in [5.74, 6) is -0.379. The molecule has 168 valence electrons. The lowest BCUT2D eigenvalue weighted by molar-refractivity contribution is 0.102. The van der Waals surface area contributed by atoms with Gasteiger partial charge >= 0.3 is 0 Å². The smallest absolute Gasteiger partial charge is 0.259 e.